The fraction of sp³-hybridized carbons (Fsp3) is 0.750. The Morgan fingerprint density at radius 2 is 1.80 bits per heavy atom. The standard InChI is InChI=1S/C12H20O3/c1-4-10-5-12(8-14-2,9-15-3)6-11(10)7-13/h4,7,10-11H,1,5-6,8-9H2,2-3H3/t10-,11+/m1/s1. The lowest BCUT2D eigenvalue weighted by Gasteiger charge is -2.27. The van der Waals surface area contributed by atoms with Crippen molar-refractivity contribution in [1.82, 2.24) is 0 Å². The Labute approximate surface area is 91.4 Å². The van der Waals surface area contributed by atoms with E-state index in [1.165, 1.54) is 0 Å². The van der Waals surface area contributed by atoms with Gasteiger partial charge in [0.05, 0.1) is 13.2 Å². The van der Waals surface area contributed by atoms with E-state index in [4.69, 9.17) is 9.47 Å². The first-order valence-corrected chi connectivity index (χ1v) is 5.27. The number of hydrogen-bond acceptors (Lipinski definition) is 3. The number of hydrogen-bond donors (Lipinski definition) is 0. The third-order valence-corrected chi connectivity index (χ3v) is 3.27. The lowest BCUT2D eigenvalue weighted by atomic mass is 9.87. The minimum Gasteiger partial charge on any atom is -0.384 e. The molecule has 3 nitrogen and oxygen atoms in total. The average molecular weight is 212 g/mol. The summed E-state index contributed by atoms with van der Waals surface area (Å²) in [4.78, 5) is 10.9. The second kappa shape index (κ2) is 5.42. The number of allylic oxidation sites excluding steroid dienone is 1. The van der Waals surface area contributed by atoms with Crippen molar-refractivity contribution in [3.8, 4) is 0 Å². The number of ether oxygens (including phenoxy) is 2. The molecule has 0 radical (unpaired) electrons. The van der Waals surface area contributed by atoms with E-state index in [-0.39, 0.29) is 17.3 Å². The first-order chi connectivity index (χ1) is 7.21. The van der Waals surface area contributed by atoms with Crippen LogP contribution < -0.4 is 0 Å². The molecule has 0 aromatic heterocycles. The normalized spacial score (nSPS) is 28.9. The number of aldehydes is 1. The third kappa shape index (κ3) is 2.67. The fourth-order valence-electron chi connectivity index (χ4n) is 2.68. The van der Waals surface area contributed by atoms with Gasteiger partial charge in [0.2, 0.25) is 0 Å². The largest absolute Gasteiger partial charge is 0.384 e. The van der Waals surface area contributed by atoms with Crippen molar-refractivity contribution in [3.63, 3.8) is 0 Å². The minimum atomic E-state index is -0.00602. The van der Waals surface area contributed by atoms with E-state index < -0.39 is 0 Å². The highest BCUT2D eigenvalue weighted by Crippen LogP contribution is 2.45. The summed E-state index contributed by atoms with van der Waals surface area (Å²) in [6.45, 7) is 5.08. The number of carbonyl (C=O) groups excluding carboxylic acids is 1. The zero-order chi connectivity index (χ0) is 11.3. The highest BCUT2D eigenvalue weighted by Gasteiger charge is 2.44. The molecule has 0 bridgehead atoms. The maximum absolute atomic E-state index is 10.9. The quantitative estimate of drug-likeness (QED) is 0.496. The molecule has 0 aliphatic heterocycles. The van der Waals surface area contributed by atoms with Gasteiger partial charge in [-0.05, 0) is 18.8 Å². The van der Waals surface area contributed by atoms with Crippen molar-refractivity contribution in [2.75, 3.05) is 27.4 Å². The van der Waals surface area contributed by atoms with Crippen molar-refractivity contribution >= 4 is 6.29 Å². The second-order valence-corrected chi connectivity index (χ2v) is 4.47. The minimum absolute atomic E-state index is 0.00602. The zero-order valence-corrected chi connectivity index (χ0v) is 9.57. The highest BCUT2D eigenvalue weighted by atomic mass is 16.5. The van der Waals surface area contributed by atoms with Gasteiger partial charge in [-0.1, -0.05) is 6.08 Å². The van der Waals surface area contributed by atoms with Crippen LogP contribution in [0.5, 0.6) is 0 Å². The summed E-state index contributed by atoms with van der Waals surface area (Å²) in [5.41, 5.74) is -0.00602. The maximum Gasteiger partial charge on any atom is 0.123 e. The topological polar surface area (TPSA) is 35.5 Å². The zero-order valence-electron chi connectivity index (χ0n) is 9.57. The van der Waals surface area contributed by atoms with E-state index in [1.807, 2.05) is 6.08 Å². The highest BCUT2D eigenvalue weighted by molar-refractivity contribution is 5.55. The lowest BCUT2D eigenvalue weighted by Crippen LogP contribution is -2.29. The van der Waals surface area contributed by atoms with Gasteiger partial charge in [-0.15, -0.1) is 6.58 Å². The Kier molecular flexibility index (Phi) is 4.48. The average Bonchev–Trinajstić information content (AvgIpc) is 2.57. The van der Waals surface area contributed by atoms with E-state index >= 15 is 0 Å². The number of carbonyl (C=O) groups is 1. The van der Waals surface area contributed by atoms with Crippen molar-refractivity contribution in [3.05, 3.63) is 12.7 Å². The van der Waals surface area contributed by atoms with Crippen LogP contribution in [0, 0.1) is 17.3 Å². The molecular formula is C12H20O3. The van der Waals surface area contributed by atoms with Crippen LogP contribution in [0.15, 0.2) is 12.7 Å². The van der Waals surface area contributed by atoms with Crippen molar-refractivity contribution in [2.24, 2.45) is 17.3 Å². The van der Waals surface area contributed by atoms with Crippen LogP contribution >= 0.6 is 0 Å². The summed E-state index contributed by atoms with van der Waals surface area (Å²) < 4.78 is 10.5. The van der Waals surface area contributed by atoms with Gasteiger partial charge in [0.15, 0.2) is 0 Å². The predicted molar refractivity (Wildman–Crippen MR) is 58.7 cm³/mol. The van der Waals surface area contributed by atoms with Gasteiger partial charge in [0.25, 0.3) is 0 Å². The fourth-order valence-corrected chi connectivity index (χ4v) is 2.68. The Bertz CT molecular complexity index is 201. The van der Waals surface area contributed by atoms with Gasteiger partial charge in [-0.2, -0.15) is 0 Å². The van der Waals surface area contributed by atoms with Crippen LogP contribution in [-0.4, -0.2) is 33.7 Å². The summed E-state index contributed by atoms with van der Waals surface area (Å²) in [5.74, 6) is 0.348. The van der Waals surface area contributed by atoms with E-state index in [2.05, 4.69) is 6.58 Å². The van der Waals surface area contributed by atoms with Crippen LogP contribution in [0.4, 0.5) is 0 Å². The Morgan fingerprint density at radius 1 is 1.27 bits per heavy atom. The molecule has 0 amide bonds. The van der Waals surface area contributed by atoms with Crippen LogP contribution in [-0.2, 0) is 14.3 Å². The van der Waals surface area contributed by atoms with E-state index in [0.29, 0.717) is 13.2 Å². The molecule has 1 saturated carbocycles. The van der Waals surface area contributed by atoms with E-state index in [0.717, 1.165) is 19.1 Å². The van der Waals surface area contributed by atoms with Crippen LogP contribution in [0.1, 0.15) is 12.8 Å². The van der Waals surface area contributed by atoms with Crippen LogP contribution in [0.2, 0.25) is 0 Å². The molecule has 3 heteroatoms. The van der Waals surface area contributed by atoms with Gasteiger partial charge in [-0.25, -0.2) is 0 Å². The lowest BCUT2D eigenvalue weighted by molar-refractivity contribution is -0.111. The van der Waals surface area contributed by atoms with Gasteiger partial charge in [0.1, 0.15) is 6.29 Å². The predicted octanol–water partition coefficient (Wildman–Crippen LogP) is 1.68. The van der Waals surface area contributed by atoms with Crippen molar-refractivity contribution < 1.29 is 14.3 Å². The monoisotopic (exact) mass is 212 g/mol. The smallest absolute Gasteiger partial charge is 0.123 e. The number of methoxy groups -OCH3 is 2. The molecule has 1 rings (SSSR count). The van der Waals surface area contributed by atoms with Gasteiger partial charge >= 0.3 is 0 Å². The molecule has 0 unspecified atom stereocenters. The molecule has 0 N–H and O–H groups in total. The molecule has 0 aromatic rings. The first-order valence-electron chi connectivity index (χ1n) is 5.27. The summed E-state index contributed by atoms with van der Waals surface area (Å²) in [6.07, 6.45) is 4.70. The van der Waals surface area contributed by atoms with E-state index in [1.54, 1.807) is 14.2 Å². The molecule has 15 heavy (non-hydrogen) atoms. The molecule has 0 heterocycles. The molecular weight excluding hydrogens is 192 g/mol. The second-order valence-electron chi connectivity index (χ2n) is 4.47. The summed E-state index contributed by atoms with van der Waals surface area (Å²) in [5, 5.41) is 0. The Hall–Kier alpha value is -0.670. The molecule has 1 fully saturated rings. The molecule has 86 valence electrons. The molecule has 0 saturated heterocycles. The number of rotatable bonds is 6. The van der Waals surface area contributed by atoms with E-state index in [9.17, 15) is 4.79 Å². The van der Waals surface area contributed by atoms with Crippen LogP contribution in [0.25, 0.3) is 0 Å². The van der Waals surface area contributed by atoms with Crippen LogP contribution in [0.3, 0.4) is 0 Å². The Balaban J connectivity index is 2.74. The molecule has 2 atom stereocenters. The van der Waals surface area contributed by atoms with Crippen molar-refractivity contribution in [2.45, 2.75) is 12.8 Å². The SMILES string of the molecule is C=C[C@@H]1CC(COC)(COC)C[C@H]1C=O. The maximum atomic E-state index is 10.9. The van der Waals surface area contributed by atoms with Crippen molar-refractivity contribution in [1.29, 1.82) is 0 Å². The summed E-state index contributed by atoms with van der Waals surface area (Å²) >= 11 is 0. The Morgan fingerprint density at radius 3 is 2.13 bits per heavy atom. The van der Waals surface area contributed by atoms with Gasteiger partial charge in [-0.3, -0.25) is 0 Å². The summed E-state index contributed by atoms with van der Waals surface area (Å²) in [7, 11) is 3.38. The molecule has 0 spiro atoms. The van der Waals surface area contributed by atoms with Gasteiger partial charge in [0, 0.05) is 25.6 Å². The summed E-state index contributed by atoms with van der Waals surface area (Å²) in [6, 6.07) is 0. The van der Waals surface area contributed by atoms with Gasteiger partial charge < -0.3 is 14.3 Å². The molecule has 1 aliphatic carbocycles. The first kappa shape index (κ1) is 12.4. The third-order valence-electron chi connectivity index (χ3n) is 3.27. The molecule has 1 aliphatic rings. The molecule has 0 aromatic carbocycles.